The summed E-state index contributed by atoms with van der Waals surface area (Å²) >= 11 is 1.28. The van der Waals surface area contributed by atoms with Gasteiger partial charge in [-0.05, 0) is 48.0 Å². The molecule has 1 unspecified atom stereocenters. The highest BCUT2D eigenvalue weighted by molar-refractivity contribution is 7.99. The van der Waals surface area contributed by atoms with Crippen LogP contribution in [0.1, 0.15) is 39.5 Å². The lowest BCUT2D eigenvalue weighted by Crippen LogP contribution is -2.33. The lowest BCUT2D eigenvalue weighted by atomic mass is 10.1. The quantitative estimate of drug-likeness (QED) is 0.534. The molecule has 2 aromatic rings. The van der Waals surface area contributed by atoms with Crippen molar-refractivity contribution in [3.63, 3.8) is 0 Å². The van der Waals surface area contributed by atoms with E-state index in [0.717, 1.165) is 18.5 Å². The predicted octanol–water partition coefficient (Wildman–Crippen LogP) is 2.55. The van der Waals surface area contributed by atoms with Crippen LogP contribution in [0.3, 0.4) is 0 Å². The minimum atomic E-state index is -0.0238. The summed E-state index contributed by atoms with van der Waals surface area (Å²) in [5.74, 6) is 0.415. The van der Waals surface area contributed by atoms with Crippen LogP contribution >= 0.6 is 11.8 Å². The van der Waals surface area contributed by atoms with Gasteiger partial charge in [0.25, 0.3) is 0 Å². The van der Waals surface area contributed by atoms with Crippen LogP contribution in [0.2, 0.25) is 0 Å². The van der Waals surface area contributed by atoms with E-state index in [9.17, 15) is 9.90 Å². The second-order valence-corrected chi connectivity index (χ2v) is 6.59. The molecule has 0 fully saturated rings. The fourth-order valence-corrected chi connectivity index (χ4v) is 2.95. The molecule has 2 N–H and O–H groups in total. The molecule has 0 aliphatic heterocycles. The molecule has 0 saturated carbocycles. The lowest BCUT2D eigenvalue weighted by Gasteiger charge is -2.13. The van der Waals surface area contributed by atoms with Crippen molar-refractivity contribution in [2.75, 3.05) is 5.75 Å². The molecule has 0 spiro atoms. The Morgan fingerprint density at radius 1 is 1.33 bits per heavy atom. The van der Waals surface area contributed by atoms with Gasteiger partial charge >= 0.3 is 0 Å². The summed E-state index contributed by atoms with van der Waals surface area (Å²) in [5.41, 5.74) is 0.730. The molecular formula is C16H23N5O2S. The third-order valence-electron chi connectivity index (χ3n) is 3.52. The number of hydrogen-bond donors (Lipinski definition) is 2. The number of phenols is 1. The van der Waals surface area contributed by atoms with Crippen molar-refractivity contribution < 1.29 is 9.90 Å². The van der Waals surface area contributed by atoms with E-state index in [1.165, 1.54) is 24.6 Å². The normalized spacial score (nSPS) is 12.1. The van der Waals surface area contributed by atoms with Gasteiger partial charge in [-0.25, -0.2) is 0 Å². The van der Waals surface area contributed by atoms with Gasteiger partial charge in [0.05, 0.1) is 11.4 Å². The molecule has 2 rings (SSSR count). The van der Waals surface area contributed by atoms with Crippen molar-refractivity contribution in [3.8, 4) is 11.4 Å². The third-order valence-corrected chi connectivity index (χ3v) is 4.43. The number of nitrogens with zero attached hydrogens (tertiary/aromatic N) is 4. The first kappa shape index (κ1) is 18.3. The number of aromatic hydroxyl groups is 1. The molecule has 24 heavy (non-hydrogen) atoms. The van der Waals surface area contributed by atoms with E-state index in [-0.39, 0.29) is 23.5 Å². The number of carbonyl (C=O) groups excluding carboxylic acids is 1. The van der Waals surface area contributed by atoms with Gasteiger partial charge in [-0.3, -0.25) is 4.79 Å². The predicted molar refractivity (Wildman–Crippen MR) is 93.3 cm³/mol. The standard InChI is InChI=1S/C16H23N5O2S/c1-3-4-5-6-12(2)17-15(23)11-24-16-18-19-20-21(16)13-7-9-14(22)10-8-13/h7-10,12,22H,3-6,11H2,1-2H3,(H,17,23). The number of carbonyl (C=O) groups is 1. The van der Waals surface area contributed by atoms with Gasteiger partial charge in [-0.1, -0.05) is 37.9 Å². The summed E-state index contributed by atoms with van der Waals surface area (Å²) in [5, 5.41) is 24.4. The Balaban J connectivity index is 1.85. The van der Waals surface area contributed by atoms with Crippen LogP contribution in [0.15, 0.2) is 29.4 Å². The number of thioether (sulfide) groups is 1. The van der Waals surface area contributed by atoms with Crippen molar-refractivity contribution >= 4 is 17.7 Å². The Hall–Kier alpha value is -2.09. The van der Waals surface area contributed by atoms with Crippen LogP contribution < -0.4 is 5.32 Å². The Morgan fingerprint density at radius 3 is 2.79 bits per heavy atom. The van der Waals surface area contributed by atoms with Crippen molar-refractivity contribution in [2.24, 2.45) is 0 Å². The minimum absolute atomic E-state index is 0.0238. The first-order chi connectivity index (χ1) is 11.6. The van der Waals surface area contributed by atoms with E-state index < -0.39 is 0 Å². The summed E-state index contributed by atoms with van der Waals surface area (Å²) in [6, 6.07) is 6.74. The summed E-state index contributed by atoms with van der Waals surface area (Å²) in [6.07, 6.45) is 4.49. The molecule has 1 amide bonds. The number of phenolic OH excluding ortho intramolecular Hbond substituents is 1. The number of rotatable bonds is 9. The second-order valence-electron chi connectivity index (χ2n) is 5.64. The summed E-state index contributed by atoms with van der Waals surface area (Å²) < 4.78 is 1.54. The first-order valence-corrected chi connectivity index (χ1v) is 9.08. The van der Waals surface area contributed by atoms with Crippen LogP contribution in [0.4, 0.5) is 0 Å². The van der Waals surface area contributed by atoms with E-state index in [1.54, 1.807) is 28.9 Å². The lowest BCUT2D eigenvalue weighted by molar-refractivity contribution is -0.119. The number of amides is 1. The number of tetrazole rings is 1. The molecule has 0 aliphatic carbocycles. The number of benzene rings is 1. The molecule has 8 heteroatoms. The Kier molecular flexibility index (Phi) is 7.05. The topological polar surface area (TPSA) is 92.9 Å². The molecule has 1 heterocycles. The van der Waals surface area contributed by atoms with Crippen molar-refractivity contribution in [1.82, 2.24) is 25.5 Å². The Morgan fingerprint density at radius 2 is 2.08 bits per heavy atom. The summed E-state index contributed by atoms with van der Waals surface area (Å²) in [7, 11) is 0. The van der Waals surface area contributed by atoms with Crippen LogP contribution in [0, 0.1) is 0 Å². The Labute approximate surface area is 145 Å². The molecule has 130 valence electrons. The highest BCUT2D eigenvalue weighted by Crippen LogP contribution is 2.19. The van der Waals surface area contributed by atoms with Gasteiger partial charge in [0, 0.05) is 6.04 Å². The van der Waals surface area contributed by atoms with Gasteiger partial charge in [0.2, 0.25) is 11.1 Å². The minimum Gasteiger partial charge on any atom is -0.508 e. The van der Waals surface area contributed by atoms with Crippen molar-refractivity contribution in [2.45, 2.75) is 50.7 Å². The van der Waals surface area contributed by atoms with Gasteiger partial charge in [-0.15, -0.1) is 5.10 Å². The number of hydrogen-bond acceptors (Lipinski definition) is 6. The van der Waals surface area contributed by atoms with Gasteiger partial charge < -0.3 is 10.4 Å². The largest absolute Gasteiger partial charge is 0.508 e. The molecule has 0 radical (unpaired) electrons. The summed E-state index contributed by atoms with van der Waals surface area (Å²) in [6.45, 7) is 4.19. The highest BCUT2D eigenvalue weighted by atomic mass is 32.2. The van der Waals surface area contributed by atoms with Crippen molar-refractivity contribution in [1.29, 1.82) is 0 Å². The Bertz CT molecular complexity index is 644. The third kappa shape index (κ3) is 5.52. The van der Waals surface area contributed by atoms with E-state index >= 15 is 0 Å². The zero-order valence-electron chi connectivity index (χ0n) is 14.0. The van der Waals surface area contributed by atoms with E-state index in [0.29, 0.717) is 5.16 Å². The maximum absolute atomic E-state index is 12.0. The molecule has 1 atom stereocenters. The van der Waals surface area contributed by atoms with E-state index in [2.05, 4.69) is 27.8 Å². The smallest absolute Gasteiger partial charge is 0.230 e. The fourth-order valence-electron chi connectivity index (χ4n) is 2.24. The molecule has 1 aromatic carbocycles. The molecule has 0 saturated heterocycles. The monoisotopic (exact) mass is 349 g/mol. The van der Waals surface area contributed by atoms with E-state index in [1.807, 2.05) is 6.92 Å². The van der Waals surface area contributed by atoms with Gasteiger partial charge in [-0.2, -0.15) is 4.68 Å². The van der Waals surface area contributed by atoms with Gasteiger partial charge in [0.15, 0.2) is 0 Å². The molecule has 0 aliphatic rings. The summed E-state index contributed by atoms with van der Waals surface area (Å²) in [4.78, 5) is 12.0. The molecule has 0 bridgehead atoms. The average molecular weight is 349 g/mol. The first-order valence-electron chi connectivity index (χ1n) is 8.10. The maximum atomic E-state index is 12.0. The zero-order chi connectivity index (χ0) is 17.4. The number of aromatic nitrogens is 4. The fraction of sp³-hybridized carbons (Fsp3) is 0.500. The van der Waals surface area contributed by atoms with Crippen LogP contribution in [0.5, 0.6) is 5.75 Å². The molecule has 7 nitrogen and oxygen atoms in total. The molecular weight excluding hydrogens is 326 g/mol. The number of unbranched alkanes of at least 4 members (excludes halogenated alkanes) is 2. The van der Waals surface area contributed by atoms with E-state index in [4.69, 9.17) is 0 Å². The second kappa shape index (κ2) is 9.27. The highest BCUT2D eigenvalue weighted by Gasteiger charge is 2.13. The number of nitrogens with one attached hydrogen (secondary N) is 1. The van der Waals surface area contributed by atoms with Crippen LogP contribution in [-0.2, 0) is 4.79 Å². The SMILES string of the molecule is CCCCCC(C)NC(=O)CSc1nnnn1-c1ccc(O)cc1. The maximum Gasteiger partial charge on any atom is 0.230 e. The van der Waals surface area contributed by atoms with Crippen LogP contribution in [-0.4, -0.2) is 43.0 Å². The molecule has 1 aromatic heterocycles. The van der Waals surface area contributed by atoms with Crippen LogP contribution in [0.25, 0.3) is 5.69 Å². The average Bonchev–Trinajstić information content (AvgIpc) is 3.02. The van der Waals surface area contributed by atoms with Crippen molar-refractivity contribution in [3.05, 3.63) is 24.3 Å². The zero-order valence-corrected chi connectivity index (χ0v) is 14.8. The van der Waals surface area contributed by atoms with Gasteiger partial charge in [0.1, 0.15) is 5.75 Å².